The quantitative estimate of drug-likeness (QED) is 0.826. The molecule has 6 heteroatoms. The lowest BCUT2D eigenvalue weighted by Crippen LogP contribution is -2.32. The van der Waals surface area contributed by atoms with E-state index in [1.165, 1.54) is 0 Å². The van der Waals surface area contributed by atoms with Crippen LogP contribution in [0.2, 0.25) is 0 Å². The van der Waals surface area contributed by atoms with Crippen molar-refractivity contribution in [2.75, 3.05) is 5.32 Å². The summed E-state index contributed by atoms with van der Waals surface area (Å²) in [6, 6.07) is 3.30. The van der Waals surface area contributed by atoms with E-state index in [2.05, 4.69) is 15.4 Å². The minimum Gasteiger partial charge on any atom is -0.322 e. The third-order valence-corrected chi connectivity index (χ3v) is 2.41. The second-order valence-electron chi connectivity index (χ2n) is 4.06. The number of carbonyl (C=O) groups is 1. The number of nitrogens with zero attached hydrogens (tertiary/aromatic N) is 3. The summed E-state index contributed by atoms with van der Waals surface area (Å²) in [7, 11) is 0. The fraction of sp³-hybridized carbons (Fsp3) is 0.250. The van der Waals surface area contributed by atoms with Crippen molar-refractivity contribution in [3.05, 3.63) is 42.5 Å². The van der Waals surface area contributed by atoms with Gasteiger partial charge in [-0.2, -0.15) is 5.10 Å². The lowest BCUT2D eigenvalue weighted by atomic mass is 10.3. The Labute approximate surface area is 105 Å². The van der Waals surface area contributed by atoms with Crippen molar-refractivity contribution in [1.29, 1.82) is 0 Å². The highest BCUT2D eigenvalue weighted by Gasteiger charge is 2.08. The largest absolute Gasteiger partial charge is 0.322 e. The van der Waals surface area contributed by atoms with Crippen molar-refractivity contribution in [3.8, 4) is 0 Å². The van der Waals surface area contributed by atoms with E-state index in [9.17, 15) is 4.79 Å². The smallest absolute Gasteiger partial charge is 0.241 e. The summed E-state index contributed by atoms with van der Waals surface area (Å²) in [5.74, 6) is -0.224. The molecule has 1 atom stereocenters. The second kappa shape index (κ2) is 5.42. The summed E-state index contributed by atoms with van der Waals surface area (Å²) in [5, 5.41) is 6.85. The molecule has 1 amide bonds. The molecule has 94 valence electrons. The summed E-state index contributed by atoms with van der Waals surface area (Å²) in [5.41, 5.74) is 7.21. The Balaban J connectivity index is 2.00. The molecule has 0 spiro atoms. The van der Waals surface area contributed by atoms with E-state index in [1.807, 2.05) is 12.1 Å². The van der Waals surface area contributed by atoms with Crippen molar-refractivity contribution >= 4 is 11.6 Å². The Morgan fingerprint density at radius 3 is 2.89 bits per heavy atom. The number of carbonyl (C=O) groups excluding carboxylic acids is 1. The van der Waals surface area contributed by atoms with Crippen LogP contribution in [0.3, 0.4) is 0 Å². The zero-order valence-electron chi connectivity index (χ0n) is 10.1. The third-order valence-electron chi connectivity index (χ3n) is 2.41. The normalized spacial score (nSPS) is 12.1. The minimum absolute atomic E-state index is 0.224. The van der Waals surface area contributed by atoms with Gasteiger partial charge in [-0.05, 0) is 24.6 Å². The number of pyridine rings is 1. The van der Waals surface area contributed by atoms with E-state index >= 15 is 0 Å². The molecule has 0 saturated carbocycles. The van der Waals surface area contributed by atoms with E-state index in [1.54, 1.807) is 36.4 Å². The number of aromatic nitrogens is 3. The van der Waals surface area contributed by atoms with E-state index in [0.29, 0.717) is 12.2 Å². The van der Waals surface area contributed by atoms with E-state index in [0.717, 1.165) is 5.56 Å². The van der Waals surface area contributed by atoms with Gasteiger partial charge in [-0.25, -0.2) is 0 Å². The average Bonchev–Trinajstić information content (AvgIpc) is 2.77. The number of hydrogen-bond acceptors (Lipinski definition) is 4. The number of hydrogen-bond donors (Lipinski definition) is 2. The highest BCUT2D eigenvalue weighted by atomic mass is 16.2. The Morgan fingerprint density at radius 1 is 1.50 bits per heavy atom. The third kappa shape index (κ3) is 3.14. The monoisotopic (exact) mass is 245 g/mol. The molecule has 0 fully saturated rings. The maximum absolute atomic E-state index is 11.4. The number of nitrogens with one attached hydrogen (secondary N) is 1. The van der Waals surface area contributed by atoms with E-state index in [4.69, 9.17) is 5.73 Å². The fourth-order valence-electron chi connectivity index (χ4n) is 1.45. The topological polar surface area (TPSA) is 85.8 Å². The molecule has 0 bridgehead atoms. The van der Waals surface area contributed by atoms with Gasteiger partial charge in [0.2, 0.25) is 5.91 Å². The summed E-state index contributed by atoms with van der Waals surface area (Å²) >= 11 is 0. The van der Waals surface area contributed by atoms with Crippen LogP contribution in [-0.2, 0) is 11.3 Å². The van der Waals surface area contributed by atoms with Crippen LogP contribution in [0.4, 0.5) is 5.69 Å². The van der Waals surface area contributed by atoms with Gasteiger partial charge >= 0.3 is 0 Å². The fourth-order valence-corrected chi connectivity index (χ4v) is 1.45. The molecule has 2 aromatic rings. The summed E-state index contributed by atoms with van der Waals surface area (Å²) in [4.78, 5) is 15.3. The van der Waals surface area contributed by atoms with Gasteiger partial charge in [-0.3, -0.25) is 14.5 Å². The van der Waals surface area contributed by atoms with Gasteiger partial charge in [0.15, 0.2) is 0 Å². The molecule has 2 aromatic heterocycles. The van der Waals surface area contributed by atoms with Crippen LogP contribution in [0.15, 0.2) is 36.9 Å². The summed E-state index contributed by atoms with van der Waals surface area (Å²) < 4.78 is 1.74. The molecule has 6 nitrogen and oxygen atoms in total. The Kier molecular flexibility index (Phi) is 3.69. The summed E-state index contributed by atoms with van der Waals surface area (Å²) in [6.07, 6.45) is 6.83. The van der Waals surface area contributed by atoms with Crippen molar-refractivity contribution < 1.29 is 4.79 Å². The van der Waals surface area contributed by atoms with Crippen LogP contribution in [-0.4, -0.2) is 26.7 Å². The molecular formula is C12H15N5O. The first kappa shape index (κ1) is 12.3. The highest BCUT2D eigenvalue weighted by molar-refractivity contribution is 5.94. The second-order valence-corrected chi connectivity index (χ2v) is 4.06. The number of rotatable bonds is 4. The first-order valence-electron chi connectivity index (χ1n) is 5.63. The molecular weight excluding hydrogens is 230 g/mol. The zero-order chi connectivity index (χ0) is 13.0. The molecule has 18 heavy (non-hydrogen) atoms. The van der Waals surface area contributed by atoms with E-state index < -0.39 is 6.04 Å². The molecule has 0 aliphatic carbocycles. The molecule has 0 aromatic carbocycles. The first-order chi connectivity index (χ1) is 8.65. The number of amides is 1. The zero-order valence-corrected chi connectivity index (χ0v) is 10.1. The van der Waals surface area contributed by atoms with Gasteiger partial charge in [0.25, 0.3) is 0 Å². The van der Waals surface area contributed by atoms with Crippen LogP contribution in [0.1, 0.15) is 12.5 Å². The minimum atomic E-state index is -0.534. The number of anilines is 1. The van der Waals surface area contributed by atoms with Gasteiger partial charge < -0.3 is 11.1 Å². The van der Waals surface area contributed by atoms with Crippen LogP contribution in [0.5, 0.6) is 0 Å². The van der Waals surface area contributed by atoms with Gasteiger partial charge in [-0.1, -0.05) is 0 Å². The lowest BCUT2D eigenvalue weighted by molar-refractivity contribution is -0.117. The van der Waals surface area contributed by atoms with Crippen molar-refractivity contribution in [2.24, 2.45) is 5.73 Å². The maximum Gasteiger partial charge on any atom is 0.241 e. The summed E-state index contributed by atoms with van der Waals surface area (Å²) in [6.45, 7) is 2.27. The van der Waals surface area contributed by atoms with Crippen molar-refractivity contribution in [2.45, 2.75) is 19.5 Å². The number of nitrogens with two attached hydrogens (primary N) is 1. The average molecular weight is 245 g/mol. The molecule has 0 radical (unpaired) electrons. The maximum atomic E-state index is 11.4. The van der Waals surface area contributed by atoms with Crippen LogP contribution < -0.4 is 11.1 Å². The van der Waals surface area contributed by atoms with Crippen molar-refractivity contribution in [1.82, 2.24) is 14.8 Å². The SMILES string of the molecule is CC(N)C(=O)Nc1cnn(Cc2ccncc2)c1. The Hall–Kier alpha value is -2.21. The van der Waals surface area contributed by atoms with Gasteiger partial charge in [0.1, 0.15) is 0 Å². The van der Waals surface area contributed by atoms with Gasteiger partial charge in [0.05, 0.1) is 24.5 Å². The van der Waals surface area contributed by atoms with Crippen molar-refractivity contribution in [3.63, 3.8) is 0 Å². The molecule has 3 N–H and O–H groups in total. The molecule has 1 unspecified atom stereocenters. The van der Waals surface area contributed by atoms with Crippen LogP contribution in [0.25, 0.3) is 0 Å². The highest BCUT2D eigenvalue weighted by Crippen LogP contribution is 2.07. The van der Waals surface area contributed by atoms with E-state index in [-0.39, 0.29) is 5.91 Å². The predicted molar refractivity (Wildman–Crippen MR) is 67.8 cm³/mol. The molecule has 0 saturated heterocycles. The predicted octanol–water partition coefficient (Wildman–Crippen LogP) is 0.612. The molecule has 2 rings (SSSR count). The Bertz CT molecular complexity index is 520. The molecule has 0 aliphatic rings. The van der Waals surface area contributed by atoms with Crippen LogP contribution >= 0.6 is 0 Å². The standard InChI is InChI=1S/C12H15N5O/c1-9(13)12(18)16-11-6-15-17(8-11)7-10-2-4-14-5-3-10/h2-6,8-9H,7,13H2,1H3,(H,16,18). The molecule has 2 heterocycles. The lowest BCUT2D eigenvalue weighted by Gasteiger charge is -2.04. The molecule has 0 aliphatic heterocycles. The van der Waals surface area contributed by atoms with Gasteiger partial charge in [0, 0.05) is 18.6 Å². The first-order valence-corrected chi connectivity index (χ1v) is 5.63. The van der Waals surface area contributed by atoms with Crippen LogP contribution in [0, 0.1) is 0 Å². The van der Waals surface area contributed by atoms with Gasteiger partial charge in [-0.15, -0.1) is 0 Å². The Morgan fingerprint density at radius 2 is 2.22 bits per heavy atom.